The van der Waals surface area contributed by atoms with Crippen molar-refractivity contribution in [3.8, 4) is 0 Å². The van der Waals surface area contributed by atoms with Gasteiger partial charge in [0.15, 0.2) is 0 Å². The van der Waals surface area contributed by atoms with Crippen LogP contribution < -0.4 is 16.8 Å². The molecule has 12 nitrogen and oxygen atoms in total. The van der Waals surface area contributed by atoms with E-state index in [1.807, 2.05) is 27.7 Å². The van der Waals surface area contributed by atoms with E-state index in [4.69, 9.17) is 39.9 Å². The van der Waals surface area contributed by atoms with Gasteiger partial charge in [-0.25, -0.2) is 0 Å². The molecule has 1 unspecified atom stereocenters. The van der Waals surface area contributed by atoms with Crippen LogP contribution in [0.1, 0.15) is 114 Å². The summed E-state index contributed by atoms with van der Waals surface area (Å²) >= 11 is 0. The van der Waals surface area contributed by atoms with Gasteiger partial charge in [0.25, 0.3) is 0 Å². The number of hydrogen-bond donors (Lipinski definition) is 3. The molecule has 1 saturated carbocycles. The van der Waals surface area contributed by atoms with Gasteiger partial charge < -0.3 is 57.2 Å². The maximum absolute atomic E-state index is 8.00. The fourth-order valence-corrected chi connectivity index (χ4v) is 5.68. The van der Waals surface area contributed by atoms with Crippen LogP contribution >= 0.6 is 0 Å². The van der Waals surface area contributed by atoms with Crippen LogP contribution in [0, 0.1) is 24.2 Å². The molecule has 3 rings (SSSR count). The Morgan fingerprint density at radius 3 is 2.20 bits per heavy atom. The number of carbonyl (C=O) groups is 1. The van der Waals surface area contributed by atoms with Crippen molar-refractivity contribution in [3.05, 3.63) is 31.0 Å². The molecule has 0 aromatic carbocycles. The number of nitrogens with zero attached hydrogens (tertiary/aromatic N) is 2. The number of hydrogen-bond acceptors (Lipinski definition) is 11. The minimum absolute atomic E-state index is 0. The zero-order valence-corrected chi connectivity index (χ0v) is 37.8. The normalized spacial score (nSPS) is 26.6. The van der Waals surface area contributed by atoms with Crippen LogP contribution in [0.5, 0.6) is 0 Å². The van der Waals surface area contributed by atoms with E-state index in [0.717, 1.165) is 64.9 Å². The summed E-state index contributed by atoms with van der Waals surface area (Å²) in [6.45, 7) is 37.6. The molecule has 0 spiro atoms. The molecule has 0 amide bonds. The predicted molar refractivity (Wildman–Crippen MR) is 221 cm³/mol. The summed E-state index contributed by atoms with van der Waals surface area (Å²) in [4.78, 5) is 12.6. The maximum atomic E-state index is 8.00. The largest absolute Gasteiger partial charge is 0.412 e. The van der Waals surface area contributed by atoms with E-state index in [0.29, 0.717) is 55.1 Å². The summed E-state index contributed by atoms with van der Waals surface area (Å²) in [6, 6.07) is 0.354. The van der Waals surface area contributed by atoms with Gasteiger partial charge in [-0.1, -0.05) is 73.3 Å². The molecule has 2 bridgehead atoms. The predicted octanol–water partition coefficient (Wildman–Crippen LogP) is 5.90. The minimum atomic E-state index is 0. The Kier molecular flexibility index (Phi) is 40.1. The first-order chi connectivity index (χ1) is 24.6. The average Bonchev–Trinajstić information content (AvgIpc) is 3.64. The first kappa shape index (κ1) is 59.7. The van der Waals surface area contributed by atoms with Crippen molar-refractivity contribution in [1.29, 1.82) is 0 Å². The molecule has 13 heteroatoms. The van der Waals surface area contributed by atoms with E-state index < -0.39 is 0 Å². The van der Waals surface area contributed by atoms with Gasteiger partial charge >= 0.3 is 0 Å². The Morgan fingerprint density at radius 2 is 1.67 bits per heavy atom. The third-order valence-corrected chi connectivity index (χ3v) is 8.98. The monoisotopic (exact) mass is 812 g/mol. The summed E-state index contributed by atoms with van der Waals surface area (Å²) in [5.41, 5.74) is 12.2. The molecule has 2 aliphatic heterocycles. The average molecular weight is 812 g/mol. The third kappa shape index (κ3) is 32.1. The summed E-state index contributed by atoms with van der Waals surface area (Å²) < 4.78 is 28.3. The Morgan fingerprint density at radius 1 is 1.07 bits per heavy atom. The second kappa shape index (κ2) is 36.3. The molecular formula is C41H86N5O7V-. The zero-order chi connectivity index (χ0) is 40.0. The first-order valence-electron chi connectivity index (χ1n) is 19.7. The van der Waals surface area contributed by atoms with Crippen LogP contribution in [-0.2, 0) is 47.0 Å². The van der Waals surface area contributed by atoms with Crippen molar-refractivity contribution in [2.45, 2.75) is 131 Å². The molecule has 54 heavy (non-hydrogen) atoms. The quantitative estimate of drug-likeness (QED) is 0.110. The van der Waals surface area contributed by atoms with Gasteiger partial charge in [0.2, 0.25) is 0 Å². The molecule has 2 saturated heterocycles. The molecule has 0 aromatic heterocycles. The van der Waals surface area contributed by atoms with Crippen LogP contribution in [0.4, 0.5) is 0 Å². The molecule has 3 aliphatic rings. The maximum Gasteiger partial charge on any atom is 0.149 e. The summed E-state index contributed by atoms with van der Waals surface area (Å²) in [7, 11) is 2.02. The molecule has 323 valence electrons. The second-order valence-electron chi connectivity index (χ2n) is 15.7. The number of nitrogens with two attached hydrogens (primary N) is 2. The van der Waals surface area contributed by atoms with E-state index >= 15 is 0 Å². The summed E-state index contributed by atoms with van der Waals surface area (Å²) in [5, 5.41) is 3.37. The van der Waals surface area contributed by atoms with Crippen molar-refractivity contribution in [2.24, 2.45) is 28.7 Å². The molecule has 1 aliphatic carbocycles. The van der Waals surface area contributed by atoms with E-state index in [1.165, 1.54) is 51.0 Å². The summed E-state index contributed by atoms with van der Waals surface area (Å²) in [5.74, 6) is 1.28. The fraction of sp³-hybridized carbons (Fsp3) is 0.854. The number of nitrogens with one attached hydrogen (secondary N) is 1. The molecule has 6 atom stereocenters. The molecular weight excluding hydrogens is 725 g/mol. The van der Waals surface area contributed by atoms with Gasteiger partial charge in [-0.15, -0.1) is 6.04 Å². The van der Waals surface area contributed by atoms with Gasteiger partial charge in [-0.05, 0) is 77.3 Å². The molecule has 2 heterocycles. The fourth-order valence-electron chi connectivity index (χ4n) is 5.68. The van der Waals surface area contributed by atoms with Crippen LogP contribution in [0.3, 0.4) is 0 Å². The van der Waals surface area contributed by atoms with Crippen molar-refractivity contribution >= 4 is 6.79 Å². The van der Waals surface area contributed by atoms with E-state index in [2.05, 4.69) is 70.2 Å². The topological polar surface area (TPSA) is 165 Å². The molecule has 7 N–H and O–H groups in total. The number of fused-ring (bicyclic) bond motifs is 3. The minimum Gasteiger partial charge on any atom is -0.412 e. The Labute approximate surface area is 344 Å². The third-order valence-electron chi connectivity index (χ3n) is 8.98. The number of carbonyl (C=O) groups excluding carboxylic acids is 1. The van der Waals surface area contributed by atoms with Crippen molar-refractivity contribution in [3.63, 3.8) is 0 Å². The van der Waals surface area contributed by atoms with E-state index in [-0.39, 0.29) is 29.6 Å². The number of allylic oxidation sites excluding steroid dienone is 2. The van der Waals surface area contributed by atoms with Crippen molar-refractivity contribution < 1.29 is 52.5 Å². The number of ether oxygens (including phenoxy) is 5. The molecule has 0 aromatic rings. The van der Waals surface area contributed by atoms with Crippen molar-refractivity contribution in [2.75, 3.05) is 79.9 Å². The number of rotatable bonds is 9. The van der Waals surface area contributed by atoms with Crippen LogP contribution in [0.2, 0.25) is 0 Å². The van der Waals surface area contributed by atoms with E-state index in [1.54, 1.807) is 6.92 Å². The second-order valence-corrected chi connectivity index (χ2v) is 15.7. The van der Waals surface area contributed by atoms with E-state index in [9.17, 15) is 0 Å². The molecule has 3 fully saturated rings. The Hall–Kier alpha value is -1.03. The van der Waals surface area contributed by atoms with Gasteiger partial charge in [-0.3, -0.25) is 10.2 Å². The van der Waals surface area contributed by atoms with Crippen LogP contribution in [0.15, 0.2) is 24.0 Å². The Balaban J connectivity index is -0.000000384. The van der Waals surface area contributed by atoms with Gasteiger partial charge in [-0.2, -0.15) is 0 Å². The van der Waals surface area contributed by atoms with Crippen molar-refractivity contribution in [1.82, 2.24) is 15.1 Å². The molecule has 1 radical (unpaired) electrons. The van der Waals surface area contributed by atoms with Gasteiger partial charge in [0.1, 0.15) is 13.6 Å². The smallest absolute Gasteiger partial charge is 0.149 e. The van der Waals surface area contributed by atoms with Crippen LogP contribution in [0.25, 0.3) is 0 Å². The zero-order valence-electron chi connectivity index (χ0n) is 36.4. The Bertz CT molecular complexity index is 888. The number of likely N-dealkylation sites (N-methyl/N-ethyl adjacent to an activating group) is 1. The SMILES string of the molecule is C=C/C(N)=C(\C)N.C=O.CC(C)(C)C.CCOCCN(C)COCC.O.[CH2-][C@@H]1[C@H](CC)[C@@H]2CN1CCNCOCO[C@]1(C)C[C@H]1CCCCCCCO2.[V]. The standard InChI is InChI=1S/C22H41N2O3.C8H19NO2.C5H10N2.C5H12.CH2O.H2O.V/c1-4-20-18(2)24-12-11-23-16-25-17-27-22(3)14-19(22)10-8-6-5-7-9-13-26-21(20)15-24;1-4-10-7-6-9(3)8-11-5-2;1-3-5(7)4(2)6;1-5(2,3)4;1-2;;/h18-21,23H,2,4-17H2,1,3H3;4-8H2,1-3H3;3H,1,6-7H2,2H3;1-4H3;1H2;1H2;/q-1;;;;;;/b;;5-4-;;;;/t18-,19-,20+,21+,22-;;;;;;/m1....../s1. The summed E-state index contributed by atoms with van der Waals surface area (Å²) in [6.07, 6.45) is 12.0. The first-order valence-corrected chi connectivity index (χ1v) is 19.7. The van der Waals surface area contributed by atoms with Gasteiger partial charge in [0.05, 0.1) is 31.8 Å². The van der Waals surface area contributed by atoms with Crippen LogP contribution in [-0.4, -0.2) is 120 Å². The van der Waals surface area contributed by atoms with Gasteiger partial charge in [0, 0.05) is 75.9 Å².